The van der Waals surface area contributed by atoms with Gasteiger partial charge >= 0.3 is 0 Å². The van der Waals surface area contributed by atoms with Crippen molar-refractivity contribution in [2.24, 2.45) is 0 Å². The zero-order chi connectivity index (χ0) is 18.9. The van der Waals surface area contributed by atoms with E-state index in [9.17, 15) is 18.5 Å². The lowest BCUT2D eigenvalue weighted by Crippen LogP contribution is -2.27. The van der Waals surface area contributed by atoms with Crippen LogP contribution in [0.4, 0.5) is 5.69 Å². The van der Waals surface area contributed by atoms with Gasteiger partial charge in [0.25, 0.3) is 5.69 Å². The average Bonchev–Trinajstić information content (AvgIpc) is 2.60. The van der Waals surface area contributed by atoms with Crippen LogP contribution in [-0.4, -0.2) is 26.6 Å². The minimum Gasteiger partial charge on any atom is -0.486 e. The first-order chi connectivity index (χ1) is 12.3. The quantitative estimate of drug-likeness (QED) is 0.633. The van der Waals surface area contributed by atoms with E-state index in [1.54, 1.807) is 32.0 Å². The second kappa shape index (κ2) is 6.93. The van der Waals surface area contributed by atoms with Crippen molar-refractivity contribution >= 4 is 15.7 Å². The molecular weight excluding hydrogens is 360 g/mol. The fraction of sp³-hybridized carbons (Fsp3) is 0.294. The summed E-state index contributed by atoms with van der Waals surface area (Å²) in [6.07, 6.45) is 0. The van der Waals surface area contributed by atoms with Crippen molar-refractivity contribution in [3.05, 3.63) is 57.6 Å². The van der Waals surface area contributed by atoms with Crippen molar-refractivity contribution in [1.29, 1.82) is 0 Å². The molecule has 0 spiro atoms. The second-order valence-corrected chi connectivity index (χ2v) is 7.67. The van der Waals surface area contributed by atoms with Crippen molar-refractivity contribution in [2.75, 3.05) is 13.2 Å². The molecule has 1 aliphatic rings. The van der Waals surface area contributed by atoms with Gasteiger partial charge in [-0.2, -0.15) is 0 Å². The maximum atomic E-state index is 12.6. The number of nitrogens with one attached hydrogen (secondary N) is 1. The number of fused-ring (bicyclic) bond motifs is 1. The first-order valence-electron chi connectivity index (χ1n) is 7.95. The van der Waals surface area contributed by atoms with E-state index < -0.39 is 21.0 Å². The van der Waals surface area contributed by atoms with Gasteiger partial charge in [-0.1, -0.05) is 12.1 Å². The van der Waals surface area contributed by atoms with Crippen LogP contribution in [0.3, 0.4) is 0 Å². The topological polar surface area (TPSA) is 108 Å². The minimum atomic E-state index is -3.93. The van der Waals surface area contributed by atoms with E-state index in [0.717, 1.165) is 6.07 Å². The second-order valence-electron chi connectivity index (χ2n) is 5.95. The maximum absolute atomic E-state index is 12.6. The number of hydrogen-bond acceptors (Lipinski definition) is 6. The standard InChI is InChI=1S/C17H18N2O6S/c1-11-3-5-14(10-15(11)19(20)21)26(22,23)18-12(2)13-4-6-16-17(9-13)25-8-7-24-16/h3-6,9-10,12,18H,7-8H2,1-2H3. The lowest BCUT2D eigenvalue weighted by molar-refractivity contribution is -0.385. The summed E-state index contributed by atoms with van der Waals surface area (Å²) in [4.78, 5) is 10.3. The Hall–Kier alpha value is -2.65. The predicted molar refractivity (Wildman–Crippen MR) is 94.0 cm³/mol. The van der Waals surface area contributed by atoms with Gasteiger partial charge in [0.2, 0.25) is 10.0 Å². The highest BCUT2D eigenvalue weighted by Crippen LogP contribution is 2.33. The Kier molecular flexibility index (Phi) is 4.84. The van der Waals surface area contributed by atoms with E-state index in [0.29, 0.717) is 35.8 Å². The molecule has 0 fully saturated rings. The smallest absolute Gasteiger partial charge is 0.273 e. The summed E-state index contributed by atoms with van der Waals surface area (Å²) in [6, 6.07) is 8.47. The number of nitrogens with zero attached hydrogens (tertiary/aromatic N) is 1. The molecule has 2 aromatic carbocycles. The van der Waals surface area contributed by atoms with Crippen molar-refractivity contribution in [3.63, 3.8) is 0 Å². The van der Waals surface area contributed by atoms with Gasteiger partial charge in [0, 0.05) is 17.7 Å². The van der Waals surface area contributed by atoms with Crippen LogP contribution in [0.1, 0.15) is 24.1 Å². The van der Waals surface area contributed by atoms with E-state index in [1.165, 1.54) is 12.1 Å². The molecule has 0 amide bonds. The van der Waals surface area contributed by atoms with E-state index in [4.69, 9.17) is 9.47 Å². The van der Waals surface area contributed by atoms with Gasteiger partial charge < -0.3 is 9.47 Å². The van der Waals surface area contributed by atoms with Crippen LogP contribution in [0, 0.1) is 17.0 Å². The Bertz CT molecular complexity index is 958. The number of hydrogen-bond donors (Lipinski definition) is 1. The number of nitro benzene ring substituents is 1. The monoisotopic (exact) mass is 378 g/mol. The highest BCUT2D eigenvalue weighted by atomic mass is 32.2. The van der Waals surface area contributed by atoms with Gasteiger partial charge in [-0.05, 0) is 37.6 Å². The zero-order valence-corrected chi connectivity index (χ0v) is 15.1. The summed E-state index contributed by atoms with van der Waals surface area (Å²) in [7, 11) is -3.93. The van der Waals surface area contributed by atoms with E-state index >= 15 is 0 Å². The lowest BCUT2D eigenvalue weighted by atomic mass is 10.1. The van der Waals surface area contributed by atoms with Crippen LogP contribution in [0.5, 0.6) is 11.5 Å². The molecule has 1 heterocycles. The largest absolute Gasteiger partial charge is 0.486 e. The molecule has 1 unspecified atom stereocenters. The van der Waals surface area contributed by atoms with E-state index in [-0.39, 0.29) is 10.6 Å². The first-order valence-corrected chi connectivity index (χ1v) is 9.43. The fourth-order valence-corrected chi connectivity index (χ4v) is 3.90. The molecule has 2 aromatic rings. The van der Waals surface area contributed by atoms with E-state index in [2.05, 4.69) is 4.72 Å². The predicted octanol–water partition coefficient (Wildman–Crippen LogP) is 2.71. The van der Waals surface area contributed by atoms with Gasteiger partial charge in [-0.15, -0.1) is 0 Å². The molecule has 0 saturated heterocycles. The molecule has 138 valence electrons. The van der Waals surface area contributed by atoms with Crippen LogP contribution >= 0.6 is 0 Å². The normalized spacial score (nSPS) is 14.7. The molecule has 0 aromatic heterocycles. The van der Waals surface area contributed by atoms with Gasteiger partial charge in [0.05, 0.1) is 9.82 Å². The molecule has 0 aliphatic carbocycles. The Labute approximate surface area is 150 Å². The lowest BCUT2D eigenvalue weighted by Gasteiger charge is -2.21. The maximum Gasteiger partial charge on any atom is 0.273 e. The highest BCUT2D eigenvalue weighted by molar-refractivity contribution is 7.89. The Balaban J connectivity index is 1.85. The van der Waals surface area contributed by atoms with Crippen LogP contribution in [-0.2, 0) is 10.0 Å². The van der Waals surface area contributed by atoms with Gasteiger partial charge in [-0.3, -0.25) is 10.1 Å². The molecule has 9 heteroatoms. The summed E-state index contributed by atoms with van der Waals surface area (Å²) in [6.45, 7) is 4.15. The molecule has 1 N–H and O–H groups in total. The summed E-state index contributed by atoms with van der Waals surface area (Å²) in [5.41, 5.74) is 0.855. The van der Waals surface area contributed by atoms with E-state index in [1.807, 2.05) is 0 Å². The molecular formula is C17H18N2O6S. The van der Waals surface area contributed by atoms with Gasteiger partial charge in [0.1, 0.15) is 13.2 Å². The van der Waals surface area contributed by atoms with Crippen molar-refractivity contribution in [1.82, 2.24) is 4.72 Å². The molecule has 26 heavy (non-hydrogen) atoms. The van der Waals surface area contributed by atoms with Gasteiger partial charge in [-0.25, -0.2) is 13.1 Å². The number of nitro groups is 1. The molecule has 8 nitrogen and oxygen atoms in total. The summed E-state index contributed by atoms with van der Waals surface area (Å²) in [5.74, 6) is 1.18. The third-order valence-corrected chi connectivity index (χ3v) is 5.62. The first kappa shape index (κ1) is 18.2. The molecule has 3 rings (SSSR count). The van der Waals surface area contributed by atoms with Crippen molar-refractivity contribution in [2.45, 2.75) is 24.8 Å². The SMILES string of the molecule is Cc1ccc(S(=O)(=O)NC(C)c2ccc3c(c2)OCCO3)cc1[N+](=O)[O-]. The van der Waals surface area contributed by atoms with Crippen LogP contribution in [0.2, 0.25) is 0 Å². The molecule has 0 radical (unpaired) electrons. The summed E-state index contributed by atoms with van der Waals surface area (Å²) >= 11 is 0. The zero-order valence-electron chi connectivity index (χ0n) is 14.3. The molecule has 0 saturated carbocycles. The third kappa shape index (κ3) is 3.63. The number of benzene rings is 2. The van der Waals surface area contributed by atoms with Crippen molar-refractivity contribution < 1.29 is 22.8 Å². The fourth-order valence-electron chi connectivity index (χ4n) is 2.65. The molecule has 0 bridgehead atoms. The Morgan fingerprint density at radius 1 is 1.12 bits per heavy atom. The number of rotatable bonds is 5. The van der Waals surface area contributed by atoms with Gasteiger partial charge in [0.15, 0.2) is 11.5 Å². The summed E-state index contributed by atoms with van der Waals surface area (Å²) < 4.78 is 38.7. The average molecular weight is 378 g/mol. The Morgan fingerprint density at radius 2 is 1.81 bits per heavy atom. The Morgan fingerprint density at radius 3 is 2.50 bits per heavy atom. The van der Waals surface area contributed by atoms with Crippen molar-refractivity contribution in [3.8, 4) is 11.5 Å². The van der Waals surface area contributed by atoms with Crippen LogP contribution < -0.4 is 14.2 Å². The molecule has 1 atom stereocenters. The van der Waals surface area contributed by atoms with Crippen LogP contribution in [0.25, 0.3) is 0 Å². The molecule has 1 aliphatic heterocycles. The third-order valence-electron chi connectivity index (χ3n) is 4.09. The number of aryl methyl sites for hydroxylation is 1. The minimum absolute atomic E-state index is 0.154. The highest BCUT2D eigenvalue weighted by Gasteiger charge is 2.23. The number of sulfonamides is 1. The number of ether oxygens (including phenoxy) is 2. The summed E-state index contributed by atoms with van der Waals surface area (Å²) in [5, 5.41) is 11.0. The van der Waals surface area contributed by atoms with Crippen LogP contribution in [0.15, 0.2) is 41.3 Å².